The lowest BCUT2D eigenvalue weighted by Gasteiger charge is -2.12. The SMILES string of the molecule is Cc1c(-c2nc(-c3cc(OC4CCNC4)ccn3)no2)nnn1-c1cccc2cnccc12. The van der Waals surface area contributed by atoms with Crippen LogP contribution in [-0.4, -0.2) is 54.3 Å². The quantitative estimate of drug-likeness (QED) is 0.440. The number of hydrogen-bond donors (Lipinski definition) is 1. The minimum atomic E-state index is 0.156. The fraction of sp³-hybridized carbons (Fsp3) is 0.217. The number of benzene rings is 1. The van der Waals surface area contributed by atoms with Crippen LogP contribution in [0.2, 0.25) is 0 Å². The molecule has 0 amide bonds. The Morgan fingerprint density at radius 2 is 2.15 bits per heavy atom. The molecule has 6 rings (SSSR count). The van der Waals surface area contributed by atoms with Crippen LogP contribution in [0.15, 0.2) is 59.5 Å². The minimum Gasteiger partial charge on any atom is -0.489 e. The third-order valence-corrected chi connectivity index (χ3v) is 5.69. The molecule has 0 bridgehead atoms. The molecular weight excluding hydrogens is 420 g/mol. The van der Waals surface area contributed by atoms with Gasteiger partial charge >= 0.3 is 0 Å². The summed E-state index contributed by atoms with van der Waals surface area (Å²) in [5, 5.41) is 18.1. The van der Waals surface area contributed by atoms with Gasteiger partial charge in [-0.15, -0.1) is 5.10 Å². The summed E-state index contributed by atoms with van der Waals surface area (Å²) in [6.45, 7) is 3.72. The van der Waals surface area contributed by atoms with E-state index in [1.165, 1.54) is 0 Å². The molecule has 0 aliphatic carbocycles. The summed E-state index contributed by atoms with van der Waals surface area (Å²) in [6, 6.07) is 11.6. The van der Waals surface area contributed by atoms with Crippen molar-refractivity contribution >= 4 is 10.8 Å². The standard InChI is InChI=1S/C23H20N8O2/c1-14-21(28-30-31(14)20-4-2-3-15-12-24-9-7-18(15)20)23-27-22(29-33-23)19-11-16(6-10-26-19)32-17-5-8-25-13-17/h2-4,6-7,9-12,17,25H,5,8,13H2,1H3. The van der Waals surface area contributed by atoms with Crippen LogP contribution >= 0.6 is 0 Å². The first kappa shape index (κ1) is 19.5. The lowest BCUT2D eigenvalue weighted by atomic mass is 10.1. The highest BCUT2D eigenvalue weighted by molar-refractivity contribution is 5.89. The Kier molecular flexibility index (Phi) is 4.76. The van der Waals surface area contributed by atoms with Crippen LogP contribution in [0, 0.1) is 6.92 Å². The van der Waals surface area contributed by atoms with Gasteiger partial charge in [-0.05, 0) is 38.1 Å². The van der Waals surface area contributed by atoms with Gasteiger partial charge in [0, 0.05) is 42.0 Å². The van der Waals surface area contributed by atoms with Crippen LogP contribution in [-0.2, 0) is 0 Å². The second kappa shape index (κ2) is 8.06. The molecular formula is C23H20N8O2. The van der Waals surface area contributed by atoms with Crippen molar-refractivity contribution in [3.05, 3.63) is 60.7 Å². The van der Waals surface area contributed by atoms with Gasteiger partial charge in [-0.1, -0.05) is 22.5 Å². The molecule has 4 aromatic heterocycles. The molecule has 1 unspecified atom stereocenters. The molecule has 5 heterocycles. The van der Waals surface area contributed by atoms with E-state index in [0.29, 0.717) is 17.2 Å². The molecule has 1 atom stereocenters. The molecule has 0 spiro atoms. The minimum absolute atomic E-state index is 0.156. The largest absolute Gasteiger partial charge is 0.489 e. The summed E-state index contributed by atoms with van der Waals surface area (Å²) in [4.78, 5) is 13.1. The number of hydrogen-bond acceptors (Lipinski definition) is 9. The van der Waals surface area contributed by atoms with Crippen molar-refractivity contribution in [2.24, 2.45) is 0 Å². The van der Waals surface area contributed by atoms with Crippen LogP contribution < -0.4 is 10.1 Å². The van der Waals surface area contributed by atoms with Gasteiger partial charge in [-0.25, -0.2) is 4.68 Å². The van der Waals surface area contributed by atoms with Gasteiger partial charge in [0.1, 0.15) is 17.5 Å². The van der Waals surface area contributed by atoms with Crippen molar-refractivity contribution in [1.29, 1.82) is 0 Å². The molecule has 5 aromatic rings. The average molecular weight is 440 g/mol. The van der Waals surface area contributed by atoms with Crippen molar-refractivity contribution in [3.63, 3.8) is 0 Å². The number of nitrogens with one attached hydrogen (secondary N) is 1. The van der Waals surface area contributed by atoms with E-state index in [2.05, 4.69) is 35.7 Å². The summed E-state index contributed by atoms with van der Waals surface area (Å²) in [5.41, 5.74) is 2.77. The number of rotatable bonds is 5. The zero-order valence-electron chi connectivity index (χ0n) is 17.8. The van der Waals surface area contributed by atoms with Gasteiger partial charge in [-0.3, -0.25) is 9.97 Å². The molecule has 164 valence electrons. The van der Waals surface area contributed by atoms with E-state index >= 15 is 0 Å². The molecule has 1 aliphatic rings. The molecule has 1 aliphatic heterocycles. The number of pyridine rings is 2. The van der Waals surface area contributed by atoms with Crippen LogP contribution in [0.25, 0.3) is 39.6 Å². The molecule has 1 saturated heterocycles. The zero-order chi connectivity index (χ0) is 22.2. The first-order chi connectivity index (χ1) is 16.3. The molecule has 1 fully saturated rings. The van der Waals surface area contributed by atoms with Crippen molar-refractivity contribution in [3.8, 4) is 34.5 Å². The van der Waals surface area contributed by atoms with E-state index in [1.807, 2.05) is 49.5 Å². The fourth-order valence-electron chi connectivity index (χ4n) is 4.00. The van der Waals surface area contributed by atoms with E-state index in [1.54, 1.807) is 17.1 Å². The van der Waals surface area contributed by atoms with Gasteiger partial charge < -0.3 is 14.6 Å². The molecule has 10 nitrogen and oxygen atoms in total. The Balaban J connectivity index is 1.31. The Morgan fingerprint density at radius 1 is 1.18 bits per heavy atom. The Hall–Kier alpha value is -4.18. The number of nitrogens with zero attached hydrogens (tertiary/aromatic N) is 7. The Bertz CT molecular complexity index is 1430. The molecule has 0 saturated carbocycles. The third-order valence-electron chi connectivity index (χ3n) is 5.69. The predicted octanol–water partition coefficient (Wildman–Crippen LogP) is 2.98. The van der Waals surface area contributed by atoms with Crippen molar-refractivity contribution in [2.45, 2.75) is 19.4 Å². The molecule has 1 N–H and O–H groups in total. The lowest BCUT2D eigenvalue weighted by molar-refractivity contribution is 0.223. The Labute approximate surface area is 188 Å². The molecule has 0 radical (unpaired) electrons. The number of aromatic nitrogens is 7. The van der Waals surface area contributed by atoms with E-state index in [4.69, 9.17) is 9.26 Å². The second-order valence-electron chi connectivity index (χ2n) is 7.84. The van der Waals surface area contributed by atoms with Crippen LogP contribution in [0.1, 0.15) is 12.1 Å². The lowest BCUT2D eigenvalue weighted by Crippen LogP contribution is -2.19. The van der Waals surface area contributed by atoms with Crippen LogP contribution in [0.5, 0.6) is 5.75 Å². The summed E-state index contributed by atoms with van der Waals surface area (Å²) >= 11 is 0. The van der Waals surface area contributed by atoms with E-state index in [0.717, 1.165) is 47.4 Å². The summed E-state index contributed by atoms with van der Waals surface area (Å²) in [6.07, 6.45) is 6.40. The first-order valence-corrected chi connectivity index (χ1v) is 10.7. The Morgan fingerprint density at radius 3 is 3.06 bits per heavy atom. The van der Waals surface area contributed by atoms with Crippen molar-refractivity contribution < 1.29 is 9.26 Å². The molecule has 1 aromatic carbocycles. The average Bonchev–Trinajstić information content (AvgIpc) is 3.60. The zero-order valence-corrected chi connectivity index (χ0v) is 17.8. The maximum atomic E-state index is 6.02. The van der Waals surface area contributed by atoms with Crippen molar-refractivity contribution in [1.82, 2.24) is 40.4 Å². The summed E-state index contributed by atoms with van der Waals surface area (Å²) in [5.74, 6) is 1.38. The van der Waals surface area contributed by atoms with Gasteiger partial charge in [0.2, 0.25) is 5.82 Å². The van der Waals surface area contributed by atoms with Gasteiger partial charge in [0.25, 0.3) is 5.89 Å². The normalized spacial score (nSPS) is 15.8. The smallest absolute Gasteiger partial charge is 0.280 e. The van der Waals surface area contributed by atoms with E-state index in [9.17, 15) is 0 Å². The molecule has 33 heavy (non-hydrogen) atoms. The number of ether oxygens (including phenoxy) is 1. The highest BCUT2D eigenvalue weighted by atomic mass is 16.5. The molecule has 10 heteroatoms. The van der Waals surface area contributed by atoms with E-state index in [-0.39, 0.29) is 12.0 Å². The summed E-state index contributed by atoms with van der Waals surface area (Å²) < 4.78 is 13.3. The number of fused-ring (bicyclic) bond motifs is 1. The van der Waals surface area contributed by atoms with Crippen LogP contribution in [0.3, 0.4) is 0 Å². The highest BCUT2D eigenvalue weighted by Crippen LogP contribution is 2.27. The summed E-state index contributed by atoms with van der Waals surface area (Å²) in [7, 11) is 0. The highest BCUT2D eigenvalue weighted by Gasteiger charge is 2.21. The second-order valence-corrected chi connectivity index (χ2v) is 7.84. The van der Waals surface area contributed by atoms with Gasteiger partial charge in [-0.2, -0.15) is 4.98 Å². The topological polar surface area (TPSA) is 117 Å². The van der Waals surface area contributed by atoms with Crippen LogP contribution in [0.4, 0.5) is 0 Å². The monoisotopic (exact) mass is 440 g/mol. The predicted molar refractivity (Wildman–Crippen MR) is 120 cm³/mol. The van der Waals surface area contributed by atoms with Gasteiger partial charge in [0.05, 0.1) is 11.4 Å². The maximum Gasteiger partial charge on any atom is 0.280 e. The fourth-order valence-corrected chi connectivity index (χ4v) is 4.00. The maximum absolute atomic E-state index is 6.02. The third kappa shape index (κ3) is 3.60. The first-order valence-electron chi connectivity index (χ1n) is 10.7. The van der Waals surface area contributed by atoms with Gasteiger partial charge in [0.15, 0.2) is 5.69 Å². The van der Waals surface area contributed by atoms with E-state index < -0.39 is 0 Å². The van der Waals surface area contributed by atoms with Crippen molar-refractivity contribution in [2.75, 3.05) is 13.1 Å².